The van der Waals surface area contributed by atoms with Gasteiger partial charge in [-0.05, 0) is 24.3 Å². The van der Waals surface area contributed by atoms with Crippen LogP contribution in [0.25, 0.3) is 0 Å². The van der Waals surface area contributed by atoms with E-state index in [1.165, 1.54) is 6.07 Å². The Kier molecular flexibility index (Phi) is 3.72. The minimum absolute atomic E-state index is 0.0933. The number of ether oxygens (including phenoxy) is 3. The van der Waals surface area contributed by atoms with E-state index in [0.717, 1.165) is 17.7 Å². The molecule has 21 heavy (non-hydrogen) atoms. The molecule has 0 amide bonds. The number of anilines is 1. The highest BCUT2D eigenvalue weighted by molar-refractivity contribution is 5.56. The average Bonchev–Trinajstić information content (AvgIpc) is 2.98. The van der Waals surface area contributed by atoms with E-state index in [2.05, 4.69) is 0 Å². The summed E-state index contributed by atoms with van der Waals surface area (Å²) in [7, 11) is 0. The Labute approximate surface area is 120 Å². The molecular formula is C15H13F2NO3. The molecule has 0 radical (unpaired) electrons. The second-order valence-electron chi connectivity index (χ2n) is 4.55. The lowest BCUT2D eigenvalue weighted by atomic mass is 10.2. The minimum Gasteiger partial charge on any atom is -0.452 e. The van der Waals surface area contributed by atoms with Crippen molar-refractivity contribution >= 4 is 5.69 Å². The Morgan fingerprint density at radius 3 is 2.38 bits per heavy atom. The van der Waals surface area contributed by atoms with Crippen LogP contribution in [0.1, 0.15) is 11.9 Å². The summed E-state index contributed by atoms with van der Waals surface area (Å²) in [5.74, 6) is -1.27. The van der Waals surface area contributed by atoms with Crippen molar-refractivity contribution in [1.29, 1.82) is 0 Å². The van der Waals surface area contributed by atoms with Crippen LogP contribution in [0.2, 0.25) is 0 Å². The third-order valence-corrected chi connectivity index (χ3v) is 3.04. The zero-order valence-electron chi connectivity index (χ0n) is 11.0. The number of hydrogen-bond acceptors (Lipinski definition) is 4. The van der Waals surface area contributed by atoms with Gasteiger partial charge in [0.2, 0.25) is 0 Å². The van der Waals surface area contributed by atoms with Crippen molar-refractivity contribution in [3.05, 3.63) is 53.6 Å². The first-order chi connectivity index (χ1) is 10.1. The number of hydrogen-bond donors (Lipinski definition) is 1. The maximum atomic E-state index is 13.5. The molecule has 2 N–H and O–H groups in total. The molecule has 6 heteroatoms. The quantitative estimate of drug-likeness (QED) is 0.881. The van der Waals surface area contributed by atoms with Crippen LogP contribution in [0.3, 0.4) is 0 Å². The van der Waals surface area contributed by atoms with Crippen LogP contribution in [0.15, 0.2) is 36.4 Å². The van der Waals surface area contributed by atoms with Crippen LogP contribution in [-0.4, -0.2) is 13.2 Å². The standard InChI is InChI=1S/C15H13F2NO3/c16-10-2-4-13(11(17)8-10)21-14-3-1-9(7-12(14)18)15-19-5-6-20-15/h1-4,7-8,15H,5-6,18H2. The summed E-state index contributed by atoms with van der Waals surface area (Å²) >= 11 is 0. The Morgan fingerprint density at radius 1 is 1.00 bits per heavy atom. The molecule has 3 rings (SSSR count). The van der Waals surface area contributed by atoms with E-state index in [9.17, 15) is 8.78 Å². The summed E-state index contributed by atoms with van der Waals surface area (Å²) < 4.78 is 42.5. The first-order valence-corrected chi connectivity index (χ1v) is 6.39. The van der Waals surface area contributed by atoms with Gasteiger partial charge in [0, 0.05) is 11.6 Å². The molecule has 1 aliphatic heterocycles. The van der Waals surface area contributed by atoms with Crippen LogP contribution in [0.5, 0.6) is 11.5 Å². The number of rotatable bonds is 3. The first-order valence-electron chi connectivity index (χ1n) is 6.39. The van der Waals surface area contributed by atoms with Crippen molar-refractivity contribution < 1.29 is 23.0 Å². The SMILES string of the molecule is Nc1cc(C2OCCO2)ccc1Oc1ccc(F)cc1F. The van der Waals surface area contributed by atoms with E-state index in [-0.39, 0.29) is 11.5 Å². The van der Waals surface area contributed by atoms with E-state index in [1.54, 1.807) is 18.2 Å². The van der Waals surface area contributed by atoms with Gasteiger partial charge in [-0.2, -0.15) is 0 Å². The predicted octanol–water partition coefficient (Wildman–Crippen LogP) is 3.38. The molecule has 1 aliphatic rings. The minimum atomic E-state index is -0.791. The van der Waals surface area contributed by atoms with Crippen molar-refractivity contribution in [2.24, 2.45) is 0 Å². The molecule has 4 nitrogen and oxygen atoms in total. The molecular weight excluding hydrogens is 280 g/mol. The normalized spacial score (nSPS) is 15.3. The highest BCUT2D eigenvalue weighted by Crippen LogP contribution is 2.33. The van der Waals surface area contributed by atoms with Gasteiger partial charge in [0.15, 0.2) is 17.9 Å². The van der Waals surface area contributed by atoms with Gasteiger partial charge in [0.1, 0.15) is 11.6 Å². The van der Waals surface area contributed by atoms with E-state index >= 15 is 0 Å². The average molecular weight is 293 g/mol. The maximum absolute atomic E-state index is 13.5. The summed E-state index contributed by atoms with van der Waals surface area (Å²) in [6, 6.07) is 8.04. The van der Waals surface area contributed by atoms with Crippen LogP contribution < -0.4 is 10.5 Å². The fourth-order valence-electron chi connectivity index (χ4n) is 2.03. The topological polar surface area (TPSA) is 53.7 Å². The molecule has 0 aromatic heterocycles. The van der Waals surface area contributed by atoms with Crippen LogP contribution in [-0.2, 0) is 9.47 Å². The molecule has 1 saturated heterocycles. The molecule has 2 aromatic carbocycles. The summed E-state index contributed by atoms with van der Waals surface area (Å²) in [5, 5.41) is 0. The van der Waals surface area contributed by atoms with Crippen molar-refractivity contribution in [2.45, 2.75) is 6.29 Å². The van der Waals surface area contributed by atoms with E-state index in [0.29, 0.717) is 18.9 Å². The van der Waals surface area contributed by atoms with Crippen LogP contribution in [0, 0.1) is 11.6 Å². The summed E-state index contributed by atoms with van der Waals surface area (Å²) in [6.07, 6.45) is -0.441. The number of benzene rings is 2. The summed E-state index contributed by atoms with van der Waals surface area (Å²) in [6.45, 7) is 1.06. The van der Waals surface area contributed by atoms with E-state index in [4.69, 9.17) is 19.9 Å². The second-order valence-corrected chi connectivity index (χ2v) is 4.55. The summed E-state index contributed by atoms with van der Waals surface area (Å²) in [4.78, 5) is 0. The largest absolute Gasteiger partial charge is 0.452 e. The van der Waals surface area contributed by atoms with Crippen LogP contribution in [0.4, 0.5) is 14.5 Å². The molecule has 0 spiro atoms. The smallest absolute Gasteiger partial charge is 0.184 e. The molecule has 110 valence electrons. The molecule has 0 bridgehead atoms. The lowest BCUT2D eigenvalue weighted by Gasteiger charge is -2.13. The third kappa shape index (κ3) is 2.96. The van der Waals surface area contributed by atoms with Gasteiger partial charge >= 0.3 is 0 Å². The van der Waals surface area contributed by atoms with Gasteiger partial charge in [-0.1, -0.05) is 6.07 Å². The van der Waals surface area contributed by atoms with Gasteiger partial charge in [-0.25, -0.2) is 8.78 Å². The molecule has 0 saturated carbocycles. The van der Waals surface area contributed by atoms with Crippen molar-refractivity contribution in [3.63, 3.8) is 0 Å². The fraction of sp³-hybridized carbons (Fsp3) is 0.200. The Balaban J connectivity index is 1.82. The maximum Gasteiger partial charge on any atom is 0.184 e. The zero-order chi connectivity index (χ0) is 14.8. The monoisotopic (exact) mass is 293 g/mol. The molecule has 1 fully saturated rings. The fourth-order valence-corrected chi connectivity index (χ4v) is 2.03. The van der Waals surface area contributed by atoms with Crippen LogP contribution >= 0.6 is 0 Å². The lowest BCUT2D eigenvalue weighted by Crippen LogP contribution is -2.01. The second kappa shape index (κ2) is 5.67. The molecule has 0 aliphatic carbocycles. The van der Waals surface area contributed by atoms with Gasteiger partial charge in [0.25, 0.3) is 0 Å². The van der Waals surface area contributed by atoms with Gasteiger partial charge in [-0.3, -0.25) is 0 Å². The van der Waals surface area contributed by atoms with Gasteiger partial charge < -0.3 is 19.9 Å². The highest BCUT2D eigenvalue weighted by atomic mass is 19.1. The van der Waals surface area contributed by atoms with Gasteiger partial charge in [0.05, 0.1) is 18.9 Å². The van der Waals surface area contributed by atoms with Crippen molar-refractivity contribution in [1.82, 2.24) is 0 Å². The first kappa shape index (κ1) is 13.8. The Hall–Kier alpha value is -2.18. The zero-order valence-corrected chi connectivity index (χ0v) is 11.0. The van der Waals surface area contributed by atoms with E-state index in [1.807, 2.05) is 0 Å². The van der Waals surface area contributed by atoms with E-state index < -0.39 is 17.9 Å². The number of halogens is 2. The lowest BCUT2D eigenvalue weighted by molar-refractivity contribution is -0.0440. The number of nitrogen functional groups attached to an aromatic ring is 1. The molecule has 1 heterocycles. The Bertz CT molecular complexity index is 657. The van der Waals surface area contributed by atoms with Gasteiger partial charge in [-0.15, -0.1) is 0 Å². The highest BCUT2D eigenvalue weighted by Gasteiger charge is 2.19. The van der Waals surface area contributed by atoms with Crippen molar-refractivity contribution in [2.75, 3.05) is 18.9 Å². The molecule has 0 atom stereocenters. The molecule has 2 aromatic rings. The predicted molar refractivity (Wildman–Crippen MR) is 71.9 cm³/mol. The number of nitrogens with two attached hydrogens (primary N) is 1. The summed E-state index contributed by atoms with van der Waals surface area (Å²) in [5.41, 5.74) is 6.96. The Morgan fingerprint density at radius 2 is 1.71 bits per heavy atom. The van der Waals surface area contributed by atoms with Crippen molar-refractivity contribution in [3.8, 4) is 11.5 Å². The molecule has 0 unspecified atom stereocenters. The third-order valence-electron chi connectivity index (χ3n) is 3.04.